The second-order valence-corrected chi connectivity index (χ2v) is 4.17. The summed E-state index contributed by atoms with van der Waals surface area (Å²) in [7, 11) is 1.80. The van der Waals surface area contributed by atoms with Crippen molar-refractivity contribution in [3.63, 3.8) is 0 Å². The van der Waals surface area contributed by atoms with Crippen molar-refractivity contribution in [1.82, 2.24) is 9.78 Å². The molecule has 0 spiro atoms. The normalized spacial score (nSPS) is 13.6. The summed E-state index contributed by atoms with van der Waals surface area (Å²) in [4.78, 5) is 11.3. The molecule has 0 aliphatic carbocycles. The monoisotopic (exact) mass is 228 g/mol. The van der Waals surface area contributed by atoms with E-state index >= 15 is 0 Å². The summed E-state index contributed by atoms with van der Waals surface area (Å²) in [5.74, 6) is 0.655. The van der Waals surface area contributed by atoms with Crippen molar-refractivity contribution in [1.29, 1.82) is 0 Å². The van der Waals surface area contributed by atoms with Gasteiger partial charge < -0.3 is 11.1 Å². The molecule has 3 rings (SSSR count). The highest BCUT2D eigenvalue weighted by atomic mass is 16.1. The van der Waals surface area contributed by atoms with E-state index in [0.717, 1.165) is 22.5 Å². The van der Waals surface area contributed by atoms with E-state index in [-0.39, 0.29) is 5.91 Å². The molecule has 3 N–H and O–H groups in total. The Balaban J connectivity index is 2.05. The zero-order valence-electron chi connectivity index (χ0n) is 9.40. The van der Waals surface area contributed by atoms with Crippen LogP contribution in [0, 0.1) is 0 Å². The number of hydrogen-bond acceptors (Lipinski definition) is 3. The molecule has 0 saturated heterocycles. The second kappa shape index (κ2) is 3.35. The number of benzene rings is 1. The lowest BCUT2D eigenvalue weighted by molar-refractivity contribution is -0.115. The summed E-state index contributed by atoms with van der Waals surface area (Å²) in [6, 6.07) is 7.66. The van der Waals surface area contributed by atoms with Crippen molar-refractivity contribution in [2.75, 3.05) is 11.1 Å². The first kappa shape index (κ1) is 9.89. The van der Waals surface area contributed by atoms with Crippen molar-refractivity contribution in [3.05, 3.63) is 29.8 Å². The zero-order chi connectivity index (χ0) is 12.0. The Labute approximate surface area is 98.2 Å². The molecular weight excluding hydrogens is 216 g/mol. The fraction of sp³-hybridized carbons (Fsp3) is 0.167. The Morgan fingerprint density at radius 1 is 1.41 bits per heavy atom. The van der Waals surface area contributed by atoms with Crippen LogP contribution in [-0.4, -0.2) is 15.7 Å². The predicted octanol–water partition coefficient (Wildman–Crippen LogP) is 1.16. The van der Waals surface area contributed by atoms with Gasteiger partial charge in [0.15, 0.2) is 0 Å². The third kappa shape index (κ3) is 1.56. The maximum atomic E-state index is 11.3. The third-order valence-electron chi connectivity index (χ3n) is 2.95. The van der Waals surface area contributed by atoms with Crippen molar-refractivity contribution in [2.45, 2.75) is 6.42 Å². The first-order valence-corrected chi connectivity index (χ1v) is 5.36. The minimum absolute atomic E-state index is 0.0395. The number of fused-ring (bicyclic) bond motifs is 1. The van der Waals surface area contributed by atoms with Gasteiger partial charge in [-0.2, -0.15) is 5.10 Å². The van der Waals surface area contributed by atoms with E-state index in [1.807, 2.05) is 24.3 Å². The van der Waals surface area contributed by atoms with Gasteiger partial charge in [0, 0.05) is 24.4 Å². The predicted molar refractivity (Wildman–Crippen MR) is 65.4 cm³/mol. The van der Waals surface area contributed by atoms with Gasteiger partial charge in [-0.15, -0.1) is 0 Å². The molecule has 1 aliphatic heterocycles. The number of aryl methyl sites for hydroxylation is 1. The lowest BCUT2D eigenvalue weighted by Crippen LogP contribution is -2.03. The molecule has 2 aromatic rings. The van der Waals surface area contributed by atoms with Crippen LogP contribution in [0.4, 0.5) is 11.5 Å². The molecular formula is C12H12N4O. The summed E-state index contributed by atoms with van der Waals surface area (Å²) >= 11 is 0. The van der Waals surface area contributed by atoms with Gasteiger partial charge in [-0.3, -0.25) is 9.48 Å². The van der Waals surface area contributed by atoms with E-state index < -0.39 is 0 Å². The molecule has 2 heterocycles. The first-order chi connectivity index (χ1) is 8.13. The molecule has 0 fully saturated rings. The lowest BCUT2D eigenvalue weighted by atomic mass is 10.1. The molecule has 1 aliphatic rings. The Hall–Kier alpha value is -2.30. The number of nitrogens with two attached hydrogens (primary N) is 1. The highest BCUT2D eigenvalue weighted by Crippen LogP contribution is 2.29. The number of amides is 1. The Morgan fingerprint density at radius 2 is 2.24 bits per heavy atom. The van der Waals surface area contributed by atoms with Crippen molar-refractivity contribution >= 4 is 17.4 Å². The Bertz CT molecular complexity index is 595. The standard InChI is InChI=1S/C12H12N4O/c1-16-11(13)6-10(15-16)7-2-3-8-5-12(17)14-9(8)4-7/h2-4,6H,5,13H2,1H3,(H,14,17). The smallest absolute Gasteiger partial charge is 0.228 e. The highest BCUT2D eigenvalue weighted by Gasteiger charge is 2.18. The molecule has 1 amide bonds. The summed E-state index contributed by atoms with van der Waals surface area (Å²) in [6.45, 7) is 0. The average Bonchev–Trinajstić information content (AvgIpc) is 2.80. The molecule has 5 heteroatoms. The van der Waals surface area contributed by atoms with E-state index in [4.69, 9.17) is 5.73 Å². The van der Waals surface area contributed by atoms with Gasteiger partial charge >= 0.3 is 0 Å². The van der Waals surface area contributed by atoms with Crippen LogP contribution in [0.15, 0.2) is 24.3 Å². The maximum absolute atomic E-state index is 11.3. The number of nitrogen functional groups attached to an aromatic ring is 1. The van der Waals surface area contributed by atoms with Gasteiger partial charge in [0.25, 0.3) is 0 Å². The quantitative estimate of drug-likeness (QED) is 0.769. The molecule has 1 aromatic heterocycles. The SMILES string of the molecule is Cn1nc(-c2ccc3c(c2)NC(=O)C3)cc1N. The molecule has 0 bridgehead atoms. The maximum Gasteiger partial charge on any atom is 0.228 e. The van der Waals surface area contributed by atoms with Gasteiger partial charge in [-0.05, 0) is 11.6 Å². The van der Waals surface area contributed by atoms with Crippen LogP contribution in [0.25, 0.3) is 11.3 Å². The fourth-order valence-corrected chi connectivity index (χ4v) is 2.00. The van der Waals surface area contributed by atoms with E-state index in [1.165, 1.54) is 0 Å². The molecule has 0 unspecified atom stereocenters. The number of hydrogen-bond donors (Lipinski definition) is 2. The fourth-order valence-electron chi connectivity index (χ4n) is 2.00. The van der Waals surface area contributed by atoms with Crippen molar-refractivity contribution < 1.29 is 4.79 Å². The number of nitrogens with one attached hydrogen (secondary N) is 1. The van der Waals surface area contributed by atoms with Crippen LogP contribution >= 0.6 is 0 Å². The molecule has 0 radical (unpaired) electrons. The summed E-state index contributed by atoms with van der Waals surface area (Å²) in [5.41, 5.74) is 9.42. The van der Waals surface area contributed by atoms with Crippen LogP contribution in [0.3, 0.4) is 0 Å². The number of nitrogens with zero attached hydrogens (tertiary/aromatic N) is 2. The van der Waals surface area contributed by atoms with Crippen LogP contribution in [-0.2, 0) is 18.3 Å². The molecule has 0 saturated carbocycles. The minimum atomic E-state index is 0.0395. The molecule has 1 aromatic carbocycles. The van der Waals surface area contributed by atoms with Crippen LogP contribution in [0.2, 0.25) is 0 Å². The van der Waals surface area contributed by atoms with Crippen LogP contribution < -0.4 is 11.1 Å². The second-order valence-electron chi connectivity index (χ2n) is 4.17. The Kier molecular flexibility index (Phi) is 1.95. The summed E-state index contributed by atoms with van der Waals surface area (Å²) in [5, 5.41) is 7.13. The van der Waals surface area contributed by atoms with E-state index in [9.17, 15) is 4.79 Å². The van der Waals surface area contributed by atoms with E-state index in [0.29, 0.717) is 12.2 Å². The van der Waals surface area contributed by atoms with Gasteiger partial charge in [0.05, 0.1) is 12.1 Å². The lowest BCUT2D eigenvalue weighted by Gasteiger charge is -2.01. The van der Waals surface area contributed by atoms with Gasteiger partial charge in [-0.1, -0.05) is 12.1 Å². The highest BCUT2D eigenvalue weighted by molar-refractivity contribution is 5.99. The molecule has 5 nitrogen and oxygen atoms in total. The number of rotatable bonds is 1. The summed E-state index contributed by atoms with van der Waals surface area (Å²) < 4.78 is 1.63. The summed E-state index contributed by atoms with van der Waals surface area (Å²) in [6.07, 6.45) is 0.458. The average molecular weight is 228 g/mol. The van der Waals surface area contributed by atoms with Crippen LogP contribution in [0.1, 0.15) is 5.56 Å². The number of carbonyl (C=O) groups excluding carboxylic acids is 1. The van der Waals surface area contributed by atoms with Gasteiger partial charge in [0.2, 0.25) is 5.91 Å². The van der Waals surface area contributed by atoms with E-state index in [2.05, 4.69) is 10.4 Å². The van der Waals surface area contributed by atoms with Gasteiger partial charge in [-0.25, -0.2) is 0 Å². The first-order valence-electron chi connectivity index (χ1n) is 5.36. The Morgan fingerprint density at radius 3 is 2.94 bits per heavy atom. The van der Waals surface area contributed by atoms with Crippen molar-refractivity contribution in [3.8, 4) is 11.3 Å². The molecule has 86 valence electrons. The topological polar surface area (TPSA) is 72.9 Å². The van der Waals surface area contributed by atoms with Crippen molar-refractivity contribution in [2.24, 2.45) is 7.05 Å². The third-order valence-corrected chi connectivity index (χ3v) is 2.95. The molecule has 0 atom stereocenters. The van der Waals surface area contributed by atoms with Crippen LogP contribution in [0.5, 0.6) is 0 Å². The largest absolute Gasteiger partial charge is 0.384 e. The minimum Gasteiger partial charge on any atom is -0.384 e. The van der Waals surface area contributed by atoms with E-state index in [1.54, 1.807) is 11.7 Å². The number of anilines is 2. The molecule has 17 heavy (non-hydrogen) atoms. The number of carbonyl (C=O) groups is 1. The van der Waals surface area contributed by atoms with Gasteiger partial charge in [0.1, 0.15) is 5.82 Å². The zero-order valence-corrected chi connectivity index (χ0v) is 9.40. The number of aromatic nitrogens is 2.